The maximum atomic E-state index is 12.0. The van der Waals surface area contributed by atoms with Gasteiger partial charge in [-0.15, -0.1) is 0 Å². The standard InChI is InChI=1S/C17H18N2O2/c1-10(2)14-9-18-15(21-14)11-3-5-13(6-4-11)19-16(20)17-7-12(17)8-17/h3-6,9-10,12H,7-8H2,1-2H3,(H,19,20). The van der Waals surface area contributed by atoms with Crippen molar-refractivity contribution in [2.75, 3.05) is 5.32 Å². The minimum Gasteiger partial charge on any atom is -0.441 e. The molecule has 2 saturated carbocycles. The number of anilines is 1. The number of nitrogens with zero attached hydrogens (tertiary/aromatic N) is 1. The first-order chi connectivity index (χ1) is 10.1. The highest BCUT2D eigenvalue weighted by molar-refractivity contribution is 6.00. The molecule has 108 valence electrons. The number of benzene rings is 1. The molecule has 0 bridgehead atoms. The topological polar surface area (TPSA) is 55.1 Å². The molecule has 21 heavy (non-hydrogen) atoms. The van der Waals surface area contributed by atoms with E-state index >= 15 is 0 Å². The molecule has 0 saturated heterocycles. The highest BCUT2D eigenvalue weighted by atomic mass is 16.4. The summed E-state index contributed by atoms with van der Waals surface area (Å²) in [6, 6.07) is 7.67. The van der Waals surface area contributed by atoms with Crippen LogP contribution in [-0.2, 0) is 4.79 Å². The van der Waals surface area contributed by atoms with Crippen molar-refractivity contribution >= 4 is 11.6 Å². The number of rotatable bonds is 4. The number of fused-ring (bicyclic) bond motifs is 1. The van der Waals surface area contributed by atoms with Gasteiger partial charge in [0, 0.05) is 17.2 Å². The number of amides is 1. The largest absolute Gasteiger partial charge is 0.441 e. The van der Waals surface area contributed by atoms with Gasteiger partial charge in [0.1, 0.15) is 5.76 Å². The summed E-state index contributed by atoms with van der Waals surface area (Å²) >= 11 is 0. The maximum Gasteiger partial charge on any atom is 0.230 e. The van der Waals surface area contributed by atoms with E-state index in [9.17, 15) is 4.79 Å². The van der Waals surface area contributed by atoms with E-state index in [1.807, 2.05) is 24.3 Å². The van der Waals surface area contributed by atoms with Gasteiger partial charge in [-0.2, -0.15) is 0 Å². The highest BCUT2D eigenvalue weighted by Gasteiger charge is 2.74. The molecule has 1 N–H and O–H groups in total. The molecule has 0 unspecified atom stereocenters. The Bertz CT molecular complexity index is 694. The molecule has 2 aliphatic rings. The predicted molar refractivity (Wildman–Crippen MR) is 79.8 cm³/mol. The van der Waals surface area contributed by atoms with Gasteiger partial charge in [-0.3, -0.25) is 4.79 Å². The molecule has 2 aliphatic carbocycles. The summed E-state index contributed by atoms with van der Waals surface area (Å²) in [6.07, 6.45) is 3.92. The first-order valence-electron chi connectivity index (χ1n) is 7.46. The van der Waals surface area contributed by atoms with Crippen molar-refractivity contribution in [3.05, 3.63) is 36.2 Å². The lowest BCUT2D eigenvalue weighted by Crippen LogP contribution is -2.17. The van der Waals surface area contributed by atoms with Gasteiger partial charge in [0.2, 0.25) is 11.8 Å². The van der Waals surface area contributed by atoms with E-state index in [-0.39, 0.29) is 11.3 Å². The third-order valence-corrected chi connectivity index (χ3v) is 4.62. The number of hydrogen-bond donors (Lipinski definition) is 1. The fourth-order valence-electron chi connectivity index (χ4n) is 2.71. The lowest BCUT2D eigenvalue weighted by Gasteiger charge is -2.07. The van der Waals surface area contributed by atoms with Crippen molar-refractivity contribution in [1.29, 1.82) is 0 Å². The molecule has 2 fully saturated rings. The van der Waals surface area contributed by atoms with Crippen molar-refractivity contribution in [1.82, 2.24) is 4.98 Å². The van der Waals surface area contributed by atoms with Gasteiger partial charge in [-0.1, -0.05) is 13.8 Å². The average Bonchev–Trinajstić information content (AvgIpc) is 3.26. The van der Waals surface area contributed by atoms with Crippen molar-refractivity contribution < 1.29 is 9.21 Å². The Labute approximate surface area is 123 Å². The van der Waals surface area contributed by atoms with Crippen molar-refractivity contribution in [2.45, 2.75) is 32.6 Å². The molecular formula is C17H18N2O2. The molecule has 1 amide bonds. The van der Waals surface area contributed by atoms with E-state index in [1.165, 1.54) is 0 Å². The first kappa shape index (κ1) is 12.6. The molecule has 0 aliphatic heterocycles. The van der Waals surface area contributed by atoms with Crippen LogP contribution in [0.4, 0.5) is 5.69 Å². The summed E-state index contributed by atoms with van der Waals surface area (Å²) in [4.78, 5) is 16.3. The van der Waals surface area contributed by atoms with Crippen LogP contribution in [0.3, 0.4) is 0 Å². The van der Waals surface area contributed by atoms with Crippen LogP contribution in [0.25, 0.3) is 11.5 Å². The van der Waals surface area contributed by atoms with E-state index in [1.54, 1.807) is 6.20 Å². The van der Waals surface area contributed by atoms with E-state index < -0.39 is 0 Å². The van der Waals surface area contributed by atoms with Crippen LogP contribution in [0.1, 0.15) is 38.4 Å². The maximum absolute atomic E-state index is 12.0. The van der Waals surface area contributed by atoms with Gasteiger partial charge in [0.25, 0.3) is 0 Å². The van der Waals surface area contributed by atoms with Crippen LogP contribution < -0.4 is 5.32 Å². The Morgan fingerprint density at radius 2 is 2.00 bits per heavy atom. The third-order valence-electron chi connectivity index (χ3n) is 4.62. The van der Waals surface area contributed by atoms with Gasteiger partial charge in [0.05, 0.1) is 11.6 Å². The number of aromatic nitrogens is 1. The molecule has 1 heterocycles. The molecule has 4 rings (SSSR count). The van der Waals surface area contributed by atoms with Crippen LogP contribution in [0.5, 0.6) is 0 Å². The van der Waals surface area contributed by atoms with Gasteiger partial charge in [-0.25, -0.2) is 4.98 Å². The highest BCUT2D eigenvalue weighted by Crippen LogP contribution is 2.75. The third kappa shape index (κ3) is 2.06. The zero-order valence-corrected chi connectivity index (χ0v) is 12.2. The van der Waals surface area contributed by atoms with E-state index in [4.69, 9.17) is 4.42 Å². The van der Waals surface area contributed by atoms with Crippen molar-refractivity contribution in [3.8, 4) is 11.5 Å². The van der Waals surface area contributed by atoms with Crippen molar-refractivity contribution in [2.24, 2.45) is 11.3 Å². The average molecular weight is 282 g/mol. The normalized spacial score (nSPS) is 25.6. The molecule has 4 nitrogen and oxygen atoms in total. The number of hydrogen-bond acceptors (Lipinski definition) is 3. The number of nitrogens with one attached hydrogen (secondary N) is 1. The van der Waals surface area contributed by atoms with Crippen LogP contribution >= 0.6 is 0 Å². The smallest absolute Gasteiger partial charge is 0.230 e. The molecular weight excluding hydrogens is 264 g/mol. The lowest BCUT2D eigenvalue weighted by molar-refractivity contribution is -0.119. The lowest BCUT2D eigenvalue weighted by atomic mass is 10.1. The van der Waals surface area contributed by atoms with Crippen LogP contribution in [0.15, 0.2) is 34.9 Å². The minimum atomic E-state index is 0.00735. The predicted octanol–water partition coefficient (Wildman–Crippen LogP) is 3.81. The van der Waals surface area contributed by atoms with E-state index in [0.29, 0.717) is 17.7 Å². The number of carbonyl (C=O) groups excluding carboxylic acids is 1. The Hall–Kier alpha value is -2.10. The molecule has 1 aromatic heterocycles. The Kier molecular flexibility index (Phi) is 2.52. The zero-order chi connectivity index (χ0) is 14.6. The SMILES string of the molecule is CC(C)c1cnc(-c2ccc(NC(=O)C34CC3C4)cc2)o1. The Balaban J connectivity index is 1.48. The molecule has 0 spiro atoms. The fraction of sp³-hybridized carbons (Fsp3) is 0.412. The summed E-state index contributed by atoms with van der Waals surface area (Å²) in [5, 5.41) is 3.00. The Morgan fingerprint density at radius 1 is 1.33 bits per heavy atom. The monoisotopic (exact) mass is 282 g/mol. The first-order valence-corrected chi connectivity index (χ1v) is 7.46. The zero-order valence-electron chi connectivity index (χ0n) is 12.2. The summed E-state index contributed by atoms with van der Waals surface area (Å²) in [5.41, 5.74) is 1.77. The molecule has 1 aromatic carbocycles. The molecule has 4 heteroatoms. The second-order valence-corrected chi connectivity index (χ2v) is 6.52. The van der Waals surface area contributed by atoms with Crippen molar-refractivity contribution in [3.63, 3.8) is 0 Å². The summed E-state index contributed by atoms with van der Waals surface area (Å²) in [5.74, 6) is 2.68. The fourth-order valence-corrected chi connectivity index (χ4v) is 2.71. The van der Waals surface area contributed by atoms with Gasteiger partial charge in [0.15, 0.2) is 0 Å². The summed E-state index contributed by atoms with van der Waals surface area (Å²) in [7, 11) is 0. The van der Waals surface area contributed by atoms with Crippen LogP contribution in [0, 0.1) is 11.3 Å². The number of oxazole rings is 1. The summed E-state index contributed by atoms with van der Waals surface area (Å²) < 4.78 is 5.72. The van der Waals surface area contributed by atoms with Gasteiger partial charge in [-0.05, 0) is 43.0 Å². The molecule has 0 radical (unpaired) electrons. The van der Waals surface area contributed by atoms with Crippen LogP contribution in [0.2, 0.25) is 0 Å². The molecule has 2 aromatic rings. The van der Waals surface area contributed by atoms with E-state index in [2.05, 4.69) is 24.1 Å². The van der Waals surface area contributed by atoms with Crippen LogP contribution in [-0.4, -0.2) is 10.9 Å². The second kappa shape index (κ2) is 4.20. The van der Waals surface area contributed by atoms with E-state index in [0.717, 1.165) is 29.9 Å². The second-order valence-electron chi connectivity index (χ2n) is 6.52. The molecule has 0 atom stereocenters. The van der Waals surface area contributed by atoms with Gasteiger partial charge >= 0.3 is 0 Å². The van der Waals surface area contributed by atoms with Gasteiger partial charge < -0.3 is 9.73 Å². The number of carbonyl (C=O) groups is 1. The quantitative estimate of drug-likeness (QED) is 0.927. The Morgan fingerprint density at radius 3 is 2.52 bits per heavy atom. The summed E-state index contributed by atoms with van der Waals surface area (Å²) in [6.45, 7) is 4.15. The minimum absolute atomic E-state index is 0.00735.